The molecule has 0 spiro atoms. The van der Waals surface area contributed by atoms with E-state index in [1.54, 1.807) is 19.2 Å². The number of nitrogens with one attached hydrogen (secondary N) is 1. The molecule has 1 aromatic carbocycles. The second kappa shape index (κ2) is 5.73. The largest absolute Gasteiger partial charge is 0.325 e. The number of imidazole rings is 1. The van der Waals surface area contributed by atoms with Gasteiger partial charge in [-0.25, -0.2) is 9.97 Å². The van der Waals surface area contributed by atoms with Crippen molar-refractivity contribution >= 4 is 5.78 Å². The van der Waals surface area contributed by atoms with Crippen molar-refractivity contribution in [2.24, 2.45) is 0 Å². The van der Waals surface area contributed by atoms with Gasteiger partial charge >= 0.3 is 0 Å². The number of hydrogen-bond donors (Lipinski definition) is 1. The summed E-state index contributed by atoms with van der Waals surface area (Å²) in [4.78, 5) is 23.4. The molecular weight excluding hydrogens is 314 g/mol. The minimum absolute atomic E-state index is 0.0799. The number of nitrogens with zero attached hydrogens (tertiary/aromatic N) is 4. The Morgan fingerprint density at radius 2 is 1.96 bits per heavy atom. The lowest BCUT2D eigenvalue weighted by atomic mass is 10.1. The van der Waals surface area contributed by atoms with Crippen molar-refractivity contribution in [2.45, 2.75) is 6.92 Å². The van der Waals surface area contributed by atoms with Crippen molar-refractivity contribution in [1.82, 2.24) is 19.4 Å². The molecule has 25 heavy (non-hydrogen) atoms. The second-order valence-electron chi connectivity index (χ2n) is 5.70. The van der Waals surface area contributed by atoms with Gasteiger partial charge in [0, 0.05) is 41.0 Å². The first-order valence-electron chi connectivity index (χ1n) is 7.70. The fourth-order valence-corrected chi connectivity index (χ4v) is 2.78. The van der Waals surface area contributed by atoms with E-state index in [4.69, 9.17) is 5.26 Å². The third-order valence-electron chi connectivity index (χ3n) is 4.05. The van der Waals surface area contributed by atoms with E-state index in [0.29, 0.717) is 11.5 Å². The smallest absolute Gasteiger partial charge is 0.266 e. The van der Waals surface area contributed by atoms with Crippen LogP contribution in [0.3, 0.4) is 0 Å². The number of benzene rings is 1. The Labute approximate surface area is 143 Å². The lowest BCUT2D eigenvalue weighted by Gasteiger charge is -2.06. The molecule has 0 bridgehead atoms. The molecule has 1 N–H and O–H groups in total. The highest BCUT2D eigenvalue weighted by molar-refractivity contribution is 5.68. The summed E-state index contributed by atoms with van der Waals surface area (Å²) in [6.07, 6.45) is 5.50. The first-order valence-corrected chi connectivity index (χ1v) is 7.70. The minimum atomic E-state index is -0.383. The molecule has 3 heterocycles. The summed E-state index contributed by atoms with van der Waals surface area (Å²) < 4.78 is 1.84. The molecule has 0 aliphatic rings. The van der Waals surface area contributed by atoms with Gasteiger partial charge in [0.05, 0.1) is 5.69 Å². The van der Waals surface area contributed by atoms with Crippen molar-refractivity contribution in [3.63, 3.8) is 0 Å². The molecular formula is C19H13N5O. The molecule has 0 aliphatic heterocycles. The van der Waals surface area contributed by atoms with Gasteiger partial charge in [-0.3, -0.25) is 9.20 Å². The fourth-order valence-electron chi connectivity index (χ4n) is 2.78. The molecule has 3 aromatic heterocycles. The van der Waals surface area contributed by atoms with Crippen molar-refractivity contribution in [1.29, 1.82) is 5.26 Å². The van der Waals surface area contributed by atoms with E-state index in [2.05, 4.69) is 15.0 Å². The SMILES string of the molecule is Cc1[nH]c(=O)c(C#N)cc1-c1cnc2nc(-c3ccccc3)cn2c1. The lowest BCUT2D eigenvalue weighted by Crippen LogP contribution is -2.12. The fraction of sp³-hybridized carbons (Fsp3) is 0.0526. The van der Waals surface area contributed by atoms with E-state index in [1.165, 1.54) is 0 Å². The van der Waals surface area contributed by atoms with Crippen LogP contribution >= 0.6 is 0 Å². The molecule has 0 saturated heterocycles. The van der Waals surface area contributed by atoms with E-state index in [1.807, 2.05) is 53.2 Å². The lowest BCUT2D eigenvalue weighted by molar-refractivity contribution is 1.09. The Morgan fingerprint density at radius 1 is 1.16 bits per heavy atom. The first-order chi connectivity index (χ1) is 12.2. The van der Waals surface area contributed by atoms with Crippen LogP contribution in [-0.4, -0.2) is 19.4 Å². The summed E-state index contributed by atoms with van der Waals surface area (Å²) in [5.41, 5.74) is 3.80. The van der Waals surface area contributed by atoms with Crippen LogP contribution in [0.25, 0.3) is 28.2 Å². The first kappa shape index (κ1) is 14.8. The molecule has 0 amide bonds. The molecule has 0 radical (unpaired) electrons. The van der Waals surface area contributed by atoms with E-state index < -0.39 is 0 Å². The van der Waals surface area contributed by atoms with Crippen LogP contribution in [0.5, 0.6) is 0 Å². The number of fused-ring (bicyclic) bond motifs is 1. The number of rotatable bonds is 2. The third kappa shape index (κ3) is 2.58. The topological polar surface area (TPSA) is 86.8 Å². The van der Waals surface area contributed by atoms with Gasteiger partial charge in [0.25, 0.3) is 5.56 Å². The zero-order valence-corrected chi connectivity index (χ0v) is 13.4. The van der Waals surface area contributed by atoms with Gasteiger partial charge in [0.2, 0.25) is 5.78 Å². The Balaban J connectivity index is 1.85. The highest BCUT2D eigenvalue weighted by Crippen LogP contribution is 2.23. The monoisotopic (exact) mass is 327 g/mol. The Hall–Kier alpha value is -3.72. The van der Waals surface area contributed by atoms with Gasteiger partial charge < -0.3 is 4.98 Å². The summed E-state index contributed by atoms with van der Waals surface area (Å²) >= 11 is 0. The van der Waals surface area contributed by atoms with E-state index in [0.717, 1.165) is 22.4 Å². The minimum Gasteiger partial charge on any atom is -0.325 e. The number of aromatic nitrogens is 4. The maximum atomic E-state index is 11.7. The van der Waals surface area contributed by atoms with Crippen LogP contribution in [0, 0.1) is 18.3 Å². The van der Waals surface area contributed by atoms with Gasteiger partial charge in [-0.05, 0) is 13.0 Å². The van der Waals surface area contributed by atoms with Crippen LogP contribution in [0.2, 0.25) is 0 Å². The average Bonchev–Trinajstić information content (AvgIpc) is 3.06. The normalized spacial score (nSPS) is 10.7. The Morgan fingerprint density at radius 3 is 2.72 bits per heavy atom. The molecule has 4 aromatic rings. The molecule has 0 fully saturated rings. The number of aryl methyl sites for hydroxylation is 1. The number of nitriles is 1. The summed E-state index contributed by atoms with van der Waals surface area (Å²) in [5, 5.41) is 9.08. The maximum absolute atomic E-state index is 11.7. The zero-order chi connectivity index (χ0) is 17.4. The third-order valence-corrected chi connectivity index (χ3v) is 4.05. The van der Waals surface area contributed by atoms with Crippen LogP contribution in [0.4, 0.5) is 0 Å². The number of pyridine rings is 1. The summed E-state index contributed by atoms with van der Waals surface area (Å²) in [6, 6.07) is 13.4. The van der Waals surface area contributed by atoms with E-state index in [-0.39, 0.29) is 11.1 Å². The number of H-pyrrole nitrogens is 1. The number of aromatic amines is 1. The number of hydrogen-bond acceptors (Lipinski definition) is 4. The van der Waals surface area contributed by atoms with Crippen LogP contribution in [0.1, 0.15) is 11.3 Å². The molecule has 6 heteroatoms. The predicted octanol–water partition coefficient (Wildman–Crippen LogP) is 2.93. The van der Waals surface area contributed by atoms with Gasteiger partial charge in [0.1, 0.15) is 11.6 Å². The maximum Gasteiger partial charge on any atom is 0.266 e. The molecule has 0 atom stereocenters. The van der Waals surface area contributed by atoms with Gasteiger partial charge in [-0.2, -0.15) is 5.26 Å². The van der Waals surface area contributed by atoms with Crippen molar-refractivity contribution in [2.75, 3.05) is 0 Å². The van der Waals surface area contributed by atoms with Crippen molar-refractivity contribution in [3.05, 3.63) is 76.6 Å². The zero-order valence-electron chi connectivity index (χ0n) is 13.4. The molecule has 6 nitrogen and oxygen atoms in total. The van der Waals surface area contributed by atoms with Crippen LogP contribution < -0.4 is 5.56 Å². The van der Waals surface area contributed by atoms with E-state index >= 15 is 0 Å². The van der Waals surface area contributed by atoms with Gasteiger partial charge in [-0.1, -0.05) is 30.3 Å². The highest BCUT2D eigenvalue weighted by Gasteiger charge is 2.10. The van der Waals surface area contributed by atoms with Crippen molar-refractivity contribution in [3.8, 4) is 28.5 Å². The highest BCUT2D eigenvalue weighted by atomic mass is 16.1. The van der Waals surface area contributed by atoms with Crippen molar-refractivity contribution < 1.29 is 0 Å². The molecule has 0 unspecified atom stereocenters. The predicted molar refractivity (Wildman–Crippen MR) is 93.9 cm³/mol. The Bertz CT molecular complexity index is 1180. The van der Waals surface area contributed by atoms with Crippen LogP contribution in [0.15, 0.2) is 59.8 Å². The van der Waals surface area contributed by atoms with E-state index in [9.17, 15) is 4.79 Å². The van der Waals surface area contributed by atoms with Gasteiger partial charge in [-0.15, -0.1) is 0 Å². The summed E-state index contributed by atoms with van der Waals surface area (Å²) in [5.74, 6) is 0.588. The molecule has 0 saturated carbocycles. The van der Waals surface area contributed by atoms with Crippen LogP contribution in [-0.2, 0) is 0 Å². The molecule has 0 aliphatic carbocycles. The summed E-state index contributed by atoms with van der Waals surface area (Å²) in [6.45, 7) is 1.80. The molecule has 4 rings (SSSR count). The quantitative estimate of drug-likeness (QED) is 0.613. The second-order valence-corrected chi connectivity index (χ2v) is 5.70. The van der Waals surface area contributed by atoms with Gasteiger partial charge in [0.15, 0.2) is 0 Å². The Kier molecular flexibility index (Phi) is 3.40. The molecule has 120 valence electrons. The standard InChI is InChI=1S/C19H13N5O/c1-12-16(7-14(8-20)18(25)22-12)15-9-21-19-23-17(11-24(19)10-15)13-5-3-2-4-6-13/h2-7,9-11H,1H3,(H,22,25). The average molecular weight is 327 g/mol. The summed E-state index contributed by atoms with van der Waals surface area (Å²) in [7, 11) is 0.